The third-order valence-corrected chi connectivity index (χ3v) is 4.74. The van der Waals surface area contributed by atoms with Gasteiger partial charge in [0.05, 0.1) is 0 Å². The fraction of sp³-hybridized carbons (Fsp3) is 0.933. The third kappa shape index (κ3) is 3.85. The van der Waals surface area contributed by atoms with Gasteiger partial charge in [-0.3, -0.25) is 4.99 Å². The Labute approximate surface area is 118 Å². The Morgan fingerprint density at radius 1 is 1.32 bits per heavy atom. The van der Waals surface area contributed by atoms with Gasteiger partial charge < -0.3 is 15.5 Å². The Hall–Kier alpha value is -0.770. The first-order valence-corrected chi connectivity index (χ1v) is 7.70. The van der Waals surface area contributed by atoms with E-state index in [-0.39, 0.29) is 0 Å². The predicted molar refractivity (Wildman–Crippen MR) is 81.6 cm³/mol. The molecule has 19 heavy (non-hydrogen) atoms. The molecule has 110 valence electrons. The maximum Gasteiger partial charge on any atom is 0.191 e. The second-order valence-corrected chi connectivity index (χ2v) is 6.66. The number of aliphatic imine (C=N–C) groups is 1. The second kappa shape index (κ2) is 6.12. The van der Waals surface area contributed by atoms with E-state index in [4.69, 9.17) is 0 Å². The molecular formula is C15H30N4. The molecule has 0 spiro atoms. The lowest BCUT2D eigenvalue weighted by Gasteiger charge is -2.45. The molecule has 0 aromatic carbocycles. The molecule has 4 nitrogen and oxygen atoms in total. The molecule has 2 fully saturated rings. The maximum absolute atomic E-state index is 4.34. The first-order valence-electron chi connectivity index (χ1n) is 7.70. The maximum atomic E-state index is 4.34. The normalized spacial score (nSPS) is 32.5. The van der Waals surface area contributed by atoms with Crippen LogP contribution in [0.25, 0.3) is 0 Å². The van der Waals surface area contributed by atoms with Crippen molar-refractivity contribution in [1.82, 2.24) is 15.5 Å². The van der Waals surface area contributed by atoms with Crippen molar-refractivity contribution in [1.29, 1.82) is 0 Å². The van der Waals surface area contributed by atoms with Gasteiger partial charge in [-0.25, -0.2) is 0 Å². The Kier molecular flexibility index (Phi) is 4.71. The lowest BCUT2D eigenvalue weighted by Crippen LogP contribution is -2.56. The molecule has 0 saturated heterocycles. The van der Waals surface area contributed by atoms with E-state index in [9.17, 15) is 0 Å². The van der Waals surface area contributed by atoms with Crippen LogP contribution in [0, 0.1) is 5.92 Å². The van der Waals surface area contributed by atoms with Crippen LogP contribution in [0.1, 0.15) is 45.4 Å². The molecule has 2 saturated carbocycles. The molecule has 0 amide bonds. The minimum atomic E-state index is 0.291. The van der Waals surface area contributed by atoms with Gasteiger partial charge in [-0.15, -0.1) is 0 Å². The highest BCUT2D eigenvalue weighted by atomic mass is 15.2. The molecule has 0 aliphatic heterocycles. The van der Waals surface area contributed by atoms with Crippen LogP contribution in [0.2, 0.25) is 0 Å². The number of nitrogens with zero attached hydrogens (tertiary/aromatic N) is 2. The quantitative estimate of drug-likeness (QED) is 0.602. The molecule has 2 atom stereocenters. The minimum absolute atomic E-state index is 0.291. The highest BCUT2D eigenvalue weighted by Gasteiger charge is 2.37. The van der Waals surface area contributed by atoms with E-state index in [0.717, 1.165) is 18.4 Å². The van der Waals surface area contributed by atoms with Gasteiger partial charge >= 0.3 is 0 Å². The summed E-state index contributed by atoms with van der Waals surface area (Å²) in [6.45, 7) is 3.38. The standard InChI is InChI=1S/C15H30N4/c1-12-6-5-9-15(10-12,19(3)4)11-17-14(16-2)18-13-7-8-13/h12-13H,5-11H2,1-4H3,(H2,16,17,18). The summed E-state index contributed by atoms with van der Waals surface area (Å²) in [7, 11) is 6.30. The van der Waals surface area contributed by atoms with Crippen LogP contribution >= 0.6 is 0 Å². The third-order valence-electron chi connectivity index (χ3n) is 4.74. The second-order valence-electron chi connectivity index (χ2n) is 6.66. The van der Waals surface area contributed by atoms with Crippen LogP contribution in [0.5, 0.6) is 0 Å². The summed E-state index contributed by atoms with van der Waals surface area (Å²) in [5.41, 5.74) is 0.291. The number of nitrogens with one attached hydrogen (secondary N) is 2. The molecular weight excluding hydrogens is 236 g/mol. The number of rotatable bonds is 4. The van der Waals surface area contributed by atoms with E-state index in [1.807, 2.05) is 7.05 Å². The minimum Gasteiger partial charge on any atom is -0.355 e. The average Bonchev–Trinajstić information content (AvgIpc) is 3.18. The van der Waals surface area contributed by atoms with E-state index >= 15 is 0 Å². The summed E-state index contributed by atoms with van der Waals surface area (Å²) in [5, 5.41) is 7.02. The van der Waals surface area contributed by atoms with Crippen LogP contribution in [0.15, 0.2) is 4.99 Å². The molecule has 2 aliphatic rings. The van der Waals surface area contributed by atoms with Gasteiger partial charge in [-0.2, -0.15) is 0 Å². The van der Waals surface area contributed by atoms with Gasteiger partial charge in [0.25, 0.3) is 0 Å². The smallest absolute Gasteiger partial charge is 0.191 e. The summed E-state index contributed by atoms with van der Waals surface area (Å²) in [5.74, 6) is 1.80. The largest absolute Gasteiger partial charge is 0.355 e. The van der Waals surface area contributed by atoms with E-state index in [1.54, 1.807) is 0 Å². The zero-order chi connectivity index (χ0) is 13.9. The Morgan fingerprint density at radius 3 is 2.58 bits per heavy atom. The summed E-state index contributed by atoms with van der Waals surface area (Å²) in [4.78, 5) is 6.75. The zero-order valence-corrected chi connectivity index (χ0v) is 13.0. The van der Waals surface area contributed by atoms with Crippen LogP contribution in [0.3, 0.4) is 0 Å². The van der Waals surface area contributed by atoms with Gasteiger partial charge in [-0.05, 0) is 45.7 Å². The molecule has 0 radical (unpaired) electrons. The first-order chi connectivity index (χ1) is 9.05. The fourth-order valence-electron chi connectivity index (χ4n) is 3.22. The van der Waals surface area contributed by atoms with Crippen LogP contribution in [-0.2, 0) is 0 Å². The molecule has 0 aromatic heterocycles. The summed E-state index contributed by atoms with van der Waals surface area (Å²) >= 11 is 0. The highest BCUT2D eigenvalue weighted by Crippen LogP contribution is 2.35. The number of hydrogen-bond donors (Lipinski definition) is 2. The lowest BCUT2D eigenvalue weighted by atomic mass is 9.75. The van der Waals surface area contributed by atoms with Crippen molar-refractivity contribution in [2.75, 3.05) is 27.7 Å². The van der Waals surface area contributed by atoms with E-state index in [1.165, 1.54) is 38.5 Å². The van der Waals surface area contributed by atoms with Crippen molar-refractivity contribution < 1.29 is 0 Å². The Balaban J connectivity index is 1.92. The van der Waals surface area contributed by atoms with Crippen molar-refractivity contribution in [2.24, 2.45) is 10.9 Å². The predicted octanol–water partition coefficient (Wildman–Crippen LogP) is 1.82. The first kappa shape index (κ1) is 14.6. The summed E-state index contributed by atoms with van der Waals surface area (Å²) < 4.78 is 0. The van der Waals surface area contributed by atoms with Crippen molar-refractivity contribution in [3.05, 3.63) is 0 Å². The molecule has 0 heterocycles. The van der Waals surface area contributed by atoms with E-state index in [0.29, 0.717) is 11.6 Å². The van der Waals surface area contributed by atoms with Crippen molar-refractivity contribution in [3.8, 4) is 0 Å². The van der Waals surface area contributed by atoms with Gasteiger partial charge in [-0.1, -0.05) is 19.8 Å². The fourth-order valence-corrected chi connectivity index (χ4v) is 3.22. The SMILES string of the molecule is CN=C(NCC1(N(C)C)CCCC(C)C1)NC1CC1. The number of guanidine groups is 1. The lowest BCUT2D eigenvalue weighted by molar-refractivity contribution is 0.0795. The summed E-state index contributed by atoms with van der Waals surface area (Å²) in [6, 6.07) is 0.659. The Bertz CT molecular complexity index is 322. The molecule has 2 rings (SSSR count). The van der Waals surface area contributed by atoms with Crippen molar-refractivity contribution >= 4 is 5.96 Å². The Morgan fingerprint density at radius 2 is 2.05 bits per heavy atom. The van der Waals surface area contributed by atoms with Crippen LogP contribution in [-0.4, -0.2) is 50.1 Å². The number of likely N-dealkylation sites (N-methyl/N-ethyl adjacent to an activating group) is 1. The molecule has 2 N–H and O–H groups in total. The van der Waals surface area contributed by atoms with Crippen LogP contribution in [0.4, 0.5) is 0 Å². The average molecular weight is 266 g/mol. The number of hydrogen-bond acceptors (Lipinski definition) is 2. The van der Waals surface area contributed by atoms with Crippen molar-refractivity contribution in [3.63, 3.8) is 0 Å². The molecule has 2 aliphatic carbocycles. The monoisotopic (exact) mass is 266 g/mol. The van der Waals surface area contributed by atoms with Gasteiger partial charge in [0.15, 0.2) is 5.96 Å². The van der Waals surface area contributed by atoms with Gasteiger partial charge in [0, 0.05) is 25.2 Å². The van der Waals surface area contributed by atoms with Gasteiger partial charge in [0.2, 0.25) is 0 Å². The van der Waals surface area contributed by atoms with Crippen molar-refractivity contribution in [2.45, 2.75) is 57.0 Å². The zero-order valence-electron chi connectivity index (χ0n) is 13.0. The van der Waals surface area contributed by atoms with E-state index in [2.05, 4.69) is 41.5 Å². The molecule has 0 bridgehead atoms. The van der Waals surface area contributed by atoms with E-state index < -0.39 is 0 Å². The topological polar surface area (TPSA) is 39.7 Å². The molecule has 4 heteroatoms. The molecule has 2 unspecified atom stereocenters. The van der Waals surface area contributed by atoms with Crippen LogP contribution < -0.4 is 10.6 Å². The molecule has 0 aromatic rings. The van der Waals surface area contributed by atoms with Gasteiger partial charge in [0.1, 0.15) is 0 Å². The summed E-state index contributed by atoms with van der Waals surface area (Å²) in [6.07, 6.45) is 7.87. The highest BCUT2D eigenvalue weighted by molar-refractivity contribution is 5.80.